The van der Waals surface area contributed by atoms with Crippen LogP contribution in [0, 0.1) is 6.92 Å². The molecule has 0 aliphatic rings. The number of benzene rings is 2. The lowest BCUT2D eigenvalue weighted by Gasteiger charge is -2.18. The van der Waals surface area contributed by atoms with Crippen molar-refractivity contribution in [1.29, 1.82) is 0 Å². The van der Waals surface area contributed by atoms with Crippen LogP contribution < -0.4 is 9.47 Å². The second kappa shape index (κ2) is 8.73. The number of aryl methyl sites for hydroxylation is 1. The predicted molar refractivity (Wildman–Crippen MR) is 98.5 cm³/mol. The van der Waals surface area contributed by atoms with E-state index < -0.39 is 0 Å². The van der Waals surface area contributed by atoms with Gasteiger partial charge in [-0.3, -0.25) is 4.79 Å². The summed E-state index contributed by atoms with van der Waals surface area (Å²) < 4.78 is 11.9. The SMILES string of the molecule is CCOc1ccc(CN(C)C(=O)COc2ccc(C)cc2Br)cc1. The minimum Gasteiger partial charge on any atom is -0.494 e. The Hall–Kier alpha value is -2.01. The monoisotopic (exact) mass is 391 g/mol. The number of halogens is 1. The third-order valence-electron chi connectivity index (χ3n) is 3.52. The lowest BCUT2D eigenvalue weighted by atomic mass is 10.2. The van der Waals surface area contributed by atoms with E-state index in [-0.39, 0.29) is 12.5 Å². The maximum absolute atomic E-state index is 12.2. The van der Waals surface area contributed by atoms with Crippen molar-refractivity contribution in [1.82, 2.24) is 4.90 Å². The highest BCUT2D eigenvalue weighted by molar-refractivity contribution is 9.10. The molecule has 0 radical (unpaired) electrons. The van der Waals surface area contributed by atoms with Gasteiger partial charge in [0.25, 0.3) is 5.91 Å². The topological polar surface area (TPSA) is 38.8 Å². The standard InChI is InChI=1S/C19H22BrNO3/c1-4-23-16-8-6-15(7-9-16)12-21(3)19(22)13-24-18-10-5-14(2)11-17(18)20/h5-11H,4,12-13H2,1-3H3. The molecule has 0 atom stereocenters. The molecule has 1 amide bonds. The molecule has 0 spiro atoms. The molecule has 2 aromatic carbocycles. The van der Waals surface area contributed by atoms with Gasteiger partial charge in [-0.15, -0.1) is 0 Å². The van der Waals surface area contributed by atoms with E-state index in [4.69, 9.17) is 9.47 Å². The van der Waals surface area contributed by atoms with Gasteiger partial charge < -0.3 is 14.4 Å². The molecule has 0 aliphatic carbocycles. The quantitative estimate of drug-likeness (QED) is 0.709. The molecular weight excluding hydrogens is 370 g/mol. The number of nitrogens with zero attached hydrogens (tertiary/aromatic N) is 1. The molecule has 0 saturated carbocycles. The van der Waals surface area contributed by atoms with Gasteiger partial charge in [0.05, 0.1) is 11.1 Å². The number of hydrogen-bond acceptors (Lipinski definition) is 3. The Kier molecular flexibility index (Phi) is 6.67. The molecule has 0 unspecified atom stereocenters. The van der Waals surface area contributed by atoms with Gasteiger partial charge in [0.15, 0.2) is 6.61 Å². The second-order valence-electron chi connectivity index (χ2n) is 5.55. The van der Waals surface area contributed by atoms with Gasteiger partial charge in [0, 0.05) is 13.6 Å². The van der Waals surface area contributed by atoms with Gasteiger partial charge in [0.1, 0.15) is 11.5 Å². The highest BCUT2D eigenvalue weighted by Gasteiger charge is 2.11. The molecule has 0 aromatic heterocycles. The number of hydrogen-bond donors (Lipinski definition) is 0. The van der Waals surface area contributed by atoms with Crippen molar-refractivity contribution in [2.75, 3.05) is 20.3 Å². The molecule has 24 heavy (non-hydrogen) atoms. The predicted octanol–water partition coefficient (Wildman–Crippen LogP) is 4.19. The third kappa shape index (κ3) is 5.27. The highest BCUT2D eigenvalue weighted by Crippen LogP contribution is 2.25. The summed E-state index contributed by atoms with van der Waals surface area (Å²) in [7, 11) is 1.77. The summed E-state index contributed by atoms with van der Waals surface area (Å²) in [5, 5.41) is 0. The first kappa shape index (κ1) is 18.3. The third-order valence-corrected chi connectivity index (χ3v) is 4.14. The van der Waals surface area contributed by atoms with Crippen molar-refractivity contribution in [2.24, 2.45) is 0 Å². The zero-order valence-electron chi connectivity index (χ0n) is 14.2. The van der Waals surface area contributed by atoms with Crippen LogP contribution in [0.15, 0.2) is 46.9 Å². The summed E-state index contributed by atoms with van der Waals surface area (Å²) in [5.41, 5.74) is 2.18. The minimum absolute atomic E-state index is 0.00912. The molecule has 0 saturated heterocycles. The number of amides is 1. The van der Waals surface area contributed by atoms with Crippen LogP contribution in [0.5, 0.6) is 11.5 Å². The smallest absolute Gasteiger partial charge is 0.260 e. The van der Waals surface area contributed by atoms with Crippen LogP contribution in [-0.4, -0.2) is 31.1 Å². The van der Waals surface area contributed by atoms with Crippen molar-refractivity contribution < 1.29 is 14.3 Å². The maximum Gasteiger partial charge on any atom is 0.260 e. The van der Waals surface area contributed by atoms with Crippen molar-refractivity contribution in [3.8, 4) is 11.5 Å². The number of likely N-dealkylation sites (N-methyl/N-ethyl adjacent to an activating group) is 1. The Morgan fingerprint density at radius 2 is 1.83 bits per heavy atom. The molecule has 0 fully saturated rings. The fourth-order valence-corrected chi connectivity index (χ4v) is 2.80. The number of carbonyl (C=O) groups is 1. The van der Waals surface area contributed by atoms with E-state index in [1.807, 2.05) is 56.3 Å². The van der Waals surface area contributed by atoms with E-state index in [0.29, 0.717) is 18.9 Å². The minimum atomic E-state index is -0.0728. The van der Waals surface area contributed by atoms with Gasteiger partial charge in [-0.2, -0.15) is 0 Å². The highest BCUT2D eigenvalue weighted by atomic mass is 79.9. The zero-order chi connectivity index (χ0) is 17.5. The average Bonchev–Trinajstić information content (AvgIpc) is 2.56. The van der Waals surface area contributed by atoms with Crippen LogP contribution in [-0.2, 0) is 11.3 Å². The summed E-state index contributed by atoms with van der Waals surface area (Å²) in [6, 6.07) is 13.5. The van der Waals surface area contributed by atoms with Gasteiger partial charge in [-0.05, 0) is 65.2 Å². The summed E-state index contributed by atoms with van der Waals surface area (Å²) >= 11 is 3.45. The molecule has 4 nitrogen and oxygen atoms in total. The van der Waals surface area contributed by atoms with Crippen LogP contribution >= 0.6 is 15.9 Å². The largest absolute Gasteiger partial charge is 0.494 e. The van der Waals surface area contributed by atoms with E-state index in [1.165, 1.54) is 0 Å². The van der Waals surface area contributed by atoms with Crippen molar-refractivity contribution in [3.63, 3.8) is 0 Å². The molecule has 0 heterocycles. The van der Waals surface area contributed by atoms with Crippen molar-refractivity contribution >= 4 is 21.8 Å². The Labute approximate surface area is 151 Å². The first-order valence-electron chi connectivity index (χ1n) is 7.84. The second-order valence-corrected chi connectivity index (χ2v) is 6.40. The summed E-state index contributed by atoms with van der Waals surface area (Å²) in [4.78, 5) is 13.9. The Morgan fingerprint density at radius 1 is 1.12 bits per heavy atom. The van der Waals surface area contributed by atoms with Gasteiger partial charge >= 0.3 is 0 Å². The van der Waals surface area contributed by atoms with Gasteiger partial charge in [-0.25, -0.2) is 0 Å². The number of carbonyl (C=O) groups excluding carboxylic acids is 1. The first-order chi connectivity index (χ1) is 11.5. The average molecular weight is 392 g/mol. The summed E-state index contributed by atoms with van der Waals surface area (Å²) in [5.74, 6) is 1.43. The first-order valence-corrected chi connectivity index (χ1v) is 8.63. The van der Waals surface area contributed by atoms with Crippen LogP contribution in [0.3, 0.4) is 0 Å². The fraction of sp³-hybridized carbons (Fsp3) is 0.316. The molecule has 5 heteroatoms. The fourth-order valence-electron chi connectivity index (χ4n) is 2.19. The molecular formula is C19H22BrNO3. The van der Waals surface area contributed by atoms with E-state index in [2.05, 4.69) is 15.9 Å². The molecule has 0 aliphatic heterocycles. The molecule has 128 valence electrons. The van der Waals surface area contributed by atoms with Crippen LogP contribution in [0.1, 0.15) is 18.1 Å². The van der Waals surface area contributed by atoms with Crippen LogP contribution in [0.4, 0.5) is 0 Å². The van der Waals surface area contributed by atoms with Crippen LogP contribution in [0.25, 0.3) is 0 Å². The summed E-state index contributed by atoms with van der Waals surface area (Å²) in [6.45, 7) is 5.14. The Balaban J connectivity index is 1.87. The van der Waals surface area contributed by atoms with E-state index in [9.17, 15) is 4.79 Å². The number of ether oxygens (including phenoxy) is 2. The molecule has 2 aromatic rings. The van der Waals surface area contributed by atoms with E-state index in [0.717, 1.165) is 21.3 Å². The van der Waals surface area contributed by atoms with Crippen LogP contribution in [0.2, 0.25) is 0 Å². The Morgan fingerprint density at radius 3 is 2.46 bits per heavy atom. The maximum atomic E-state index is 12.2. The lowest BCUT2D eigenvalue weighted by molar-refractivity contribution is -0.132. The van der Waals surface area contributed by atoms with Crippen molar-refractivity contribution in [2.45, 2.75) is 20.4 Å². The van der Waals surface area contributed by atoms with E-state index in [1.54, 1.807) is 11.9 Å². The van der Waals surface area contributed by atoms with E-state index >= 15 is 0 Å². The normalized spacial score (nSPS) is 10.3. The molecule has 2 rings (SSSR count). The van der Waals surface area contributed by atoms with Crippen molar-refractivity contribution in [3.05, 3.63) is 58.1 Å². The van der Waals surface area contributed by atoms with Gasteiger partial charge in [0.2, 0.25) is 0 Å². The Bertz CT molecular complexity index is 686. The molecule has 0 N–H and O–H groups in total. The lowest BCUT2D eigenvalue weighted by Crippen LogP contribution is -2.31. The molecule has 0 bridgehead atoms. The summed E-state index contributed by atoms with van der Waals surface area (Å²) in [6.07, 6.45) is 0. The van der Waals surface area contributed by atoms with Gasteiger partial charge in [-0.1, -0.05) is 18.2 Å². The zero-order valence-corrected chi connectivity index (χ0v) is 15.8. The number of rotatable bonds is 7.